The smallest absolute Gasteiger partial charge is 0.225 e. The maximum atomic E-state index is 13.6. The Morgan fingerprint density at radius 1 is 1.35 bits per heavy atom. The molecule has 2 unspecified atom stereocenters. The van der Waals surface area contributed by atoms with Crippen LogP contribution in [0.1, 0.15) is 31.7 Å². The van der Waals surface area contributed by atoms with E-state index in [0.717, 1.165) is 18.5 Å². The lowest BCUT2D eigenvalue weighted by atomic mass is 9.88. The van der Waals surface area contributed by atoms with Crippen LogP contribution in [0.3, 0.4) is 0 Å². The van der Waals surface area contributed by atoms with Crippen molar-refractivity contribution in [3.63, 3.8) is 0 Å². The van der Waals surface area contributed by atoms with Crippen molar-refractivity contribution < 1.29 is 9.18 Å². The van der Waals surface area contributed by atoms with Crippen LogP contribution in [0, 0.1) is 11.7 Å². The van der Waals surface area contributed by atoms with E-state index in [1.807, 2.05) is 24.8 Å². The molecular weight excluding hydrogens is 313 g/mol. The van der Waals surface area contributed by atoms with E-state index in [0.29, 0.717) is 24.7 Å². The van der Waals surface area contributed by atoms with Gasteiger partial charge in [0, 0.05) is 32.1 Å². The van der Waals surface area contributed by atoms with E-state index in [1.165, 1.54) is 12.1 Å². The van der Waals surface area contributed by atoms with Gasteiger partial charge < -0.3 is 15.5 Å². The van der Waals surface area contributed by atoms with Gasteiger partial charge in [0.2, 0.25) is 5.91 Å². The molecule has 1 aliphatic heterocycles. The molecule has 23 heavy (non-hydrogen) atoms. The first kappa shape index (κ1) is 17.7. The minimum absolute atomic E-state index is 0.0166. The Kier molecular flexibility index (Phi) is 6.33. The summed E-state index contributed by atoms with van der Waals surface area (Å²) in [6, 6.07) is 6.51. The molecule has 1 aliphatic rings. The van der Waals surface area contributed by atoms with E-state index >= 15 is 0 Å². The van der Waals surface area contributed by atoms with Crippen LogP contribution in [0.4, 0.5) is 4.39 Å². The molecule has 2 atom stereocenters. The molecule has 1 amide bonds. The van der Waals surface area contributed by atoms with Crippen molar-refractivity contribution in [2.75, 3.05) is 26.2 Å². The monoisotopic (exact) mass is 337 g/mol. The average Bonchev–Trinajstić information content (AvgIpc) is 2.98. The third kappa shape index (κ3) is 4.41. The molecule has 0 aliphatic carbocycles. The van der Waals surface area contributed by atoms with E-state index in [4.69, 9.17) is 12.2 Å². The standard InChI is InChI=1S/C17H24FN3OS/c1-3-8-20-16(22)15-11-21(17(23)19-4-2)10-14(15)12-6-5-7-13(18)9-12/h5-7,9,14-15H,3-4,8,10-11H2,1-2H3,(H,19,23)(H,20,22). The molecule has 0 saturated carbocycles. The maximum Gasteiger partial charge on any atom is 0.225 e. The Balaban J connectivity index is 2.20. The molecule has 6 heteroatoms. The molecule has 126 valence electrons. The number of halogens is 1. The largest absolute Gasteiger partial charge is 0.363 e. The molecule has 1 aromatic rings. The molecule has 1 saturated heterocycles. The van der Waals surface area contributed by atoms with Gasteiger partial charge in [-0.15, -0.1) is 0 Å². The lowest BCUT2D eigenvalue weighted by Gasteiger charge is -2.19. The summed E-state index contributed by atoms with van der Waals surface area (Å²) in [7, 11) is 0. The fourth-order valence-electron chi connectivity index (χ4n) is 2.95. The summed E-state index contributed by atoms with van der Waals surface area (Å²) in [5.74, 6) is -0.537. The molecule has 2 rings (SSSR count). The lowest BCUT2D eigenvalue weighted by molar-refractivity contribution is -0.124. The van der Waals surface area contributed by atoms with Crippen LogP contribution >= 0.6 is 12.2 Å². The van der Waals surface area contributed by atoms with Crippen molar-refractivity contribution >= 4 is 23.2 Å². The summed E-state index contributed by atoms with van der Waals surface area (Å²) in [4.78, 5) is 14.5. The second kappa shape index (κ2) is 8.24. The van der Waals surface area contributed by atoms with Gasteiger partial charge in [-0.2, -0.15) is 0 Å². The van der Waals surface area contributed by atoms with Gasteiger partial charge in [0.25, 0.3) is 0 Å². The summed E-state index contributed by atoms with van der Waals surface area (Å²) in [6.07, 6.45) is 0.891. The second-order valence-corrected chi connectivity index (χ2v) is 6.19. The van der Waals surface area contributed by atoms with Crippen molar-refractivity contribution in [2.45, 2.75) is 26.2 Å². The fourth-order valence-corrected chi connectivity index (χ4v) is 3.25. The van der Waals surface area contributed by atoms with Crippen LogP contribution in [-0.4, -0.2) is 42.1 Å². The number of likely N-dealkylation sites (tertiary alicyclic amines) is 1. The summed E-state index contributed by atoms with van der Waals surface area (Å²) in [5, 5.41) is 6.73. The Bertz CT molecular complexity index is 567. The number of nitrogens with zero attached hydrogens (tertiary/aromatic N) is 1. The first-order valence-electron chi connectivity index (χ1n) is 8.12. The first-order chi connectivity index (χ1) is 11.1. The molecule has 4 nitrogen and oxygen atoms in total. The number of rotatable bonds is 5. The van der Waals surface area contributed by atoms with Crippen LogP contribution in [-0.2, 0) is 4.79 Å². The third-order valence-electron chi connectivity index (χ3n) is 4.10. The molecular formula is C17H24FN3OS. The Labute approximate surface area is 142 Å². The van der Waals surface area contributed by atoms with Crippen LogP contribution in [0.5, 0.6) is 0 Å². The van der Waals surface area contributed by atoms with E-state index < -0.39 is 0 Å². The second-order valence-electron chi connectivity index (χ2n) is 5.80. The maximum absolute atomic E-state index is 13.6. The topological polar surface area (TPSA) is 44.4 Å². The zero-order valence-electron chi connectivity index (χ0n) is 13.6. The number of carbonyl (C=O) groups excluding carboxylic acids is 1. The number of amides is 1. The van der Waals surface area contributed by atoms with E-state index in [-0.39, 0.29) is 23.6 Å². The summed E-state index contributed by atoms with van der Waals surface area (Å²) < 4.78 is 13.6. The van der Waals surface area contributed by atoms with Crippen LogP contribution in [0.15, 0.2) is 24.3 Å². The van der Waals surface area contributed by atoms with Crippen molar-refractivity contribution in [1.29, 1.82) is 0 Å². The highest BCUT2D eigenvalue weighted by Gasteiger charge is 2.39. The van der Waals surface area contributed by atoms with Gasteiger partial charge in [-0.1, -0.05) is 19.1 Å². The number of carbonyl (C=O) groups is 1. The first-order valence-corrected chi connectivity index (χ1v) is 8.53. The molecule has 0 aromatic heterocycles. The molecule has 0 spiro atoms. The van der Waals surface area contributed by atoms with Gasteiger partial charge in [-0.05, 0) is 43.3 Å². The molecule has 0 radical (unpaired) electrons. The van der Waals surface area contributed by atoms with Gasteiger partial charge in [-0.25, -0.2) is 4.39 Å². The van der Waals surface area contributed by atoms with Crippen molar-refractivity contribution in [3.8, 4) is 0 Å². The van der Waals surface area contributed by atoms with Crippen molar-refractivity contribution in [3.05, 3.63) is 35.6 Å². The van der Waals surface area contributed by atoms with Crippen LogP contribution in [0.25, 0.3) is 0 Å². The zero-order chi connectivity index (χ0) is 16.8. The van der Waals surface area contributed by atoms with E-state index in [1.54, 1.807) is 6.07 Å². The average molecular weight is 337 g/mol. The Morgan fingerprint density at radius 2 is 2.13 bits per heavy atom. The summed E-state index contributed by atoms with van der Waals surface area (Å²) >= 11 is 5.38. The highest BCUT2D eigenvalue weighted by molar-refractivity contribution is 7.80. The predicted molar refractivity (Wildman–Crippen MR) is 93.8 cm³/mol. The van der Waals surface area contributed by atoms with Gasteiger partial charge in [0.15, 0.2) is 5.11 Å². The van der Waals surface area contributed by atoms with Gasteiger partial charge in [-0.3, -0.25) is 4.79 Å². The number of benzene rings is 1. The number of thiocarbonyl (C=S) groups is 1. The minimum atomic E-state index is -0.275. The lowest BCUT2D eigenvalue weighted by Crippen LogP contribution is -2.39. The number of hydrogen-bond acceptors (Lipinski definition) is 2. The number of nitrogens with one attached hydrogen (secondary N) is 2. The highest BCUT2D eigenvalue weighted by atomic mass is 32.1. The van der Waals surface area contributed by atoms with Gasteiger partial charge in [0.1, 0.15) is 5.82 Å². The van der Waals surface area contributed by atoms with Crippen LogP contribution < -0.4 is 10.6 Å². The summed E-state index contributed by atoms with van der Waals surface area (Å²) in [5.41, 5.74) is 0.850. The third-order valence-corrected chi connectivity index (χ3v) is 4.50. The predicted octanol–water partition coefficient (Wildman–Crippen LogP) is 2.26. The Morgan fingerprint density at radius 3 is 2.78 bits per heavy atom. The summed E-state index contributed by atoms with van der Waals surface area (Å²) in [6.45, 7) is 6.58. The normalized spacial score (nSPS) is 20.4. The minimum Gasteiger partial charge on any atom is -0.363 e. The zero-order valence-corrected chi connectivity index (χ0v) is 14.5. The molecule has 1 fully saturated rings. The number of hydrogen-bond donors (Lipinski definition) is 2. The quantitative estimate of drug-likeness (QED) is 0.809. The SMILES string of the molecule is CCCNC(=O)C1CN(C(=S)NCC)CC1c1cccc(F)c1. The van der Waals surface area contributed by atoms with E-state index in [9.17, 15) is 9.18 Å². The van der Waals surface area contributed by atoms with E-state index in [2.05, 4.69) is 10.6 Å². The fraction of sp³-hybridized carbons (Fsp3) is 0.529. The Hall–Kier alpha value is -1.69. The van der Waals surface area contributed by atoms with Gasteiger partial charge >= 0.3 is 0 Å². The highest BCUT2D eigenvalue weighted by Crippen LogP contribution is 2.33. The molecule has 0 bridgehead atoms. The van der Waals surface area contributed by atoms with Crippen molar-refractivity contribution in [2.24, 2.45) is 5.92 Å². The molecule has 2 N–H and O–H groups in total. The molecule has 1 heterocycles. The van der Waals surface area contributed by atoms with Gasteiger partial charge in [0.05, 0.1) is 5.92 Å². The van der Waals surface area contributed by atoms with Crippen molar-refractivity contribution in [1.82, 2.24) is 15.5 Å². The van der Waals surface area contributed by atoms with Crippen LogP contribution in [0.2, 0.25) is 0 Å². The molecule has 1 aromatic carbocycles.